The number of halogens is 4. The minimum Gasteiger partial charge on any atom is -0.435 e. The molecule has 0 aliphatic carbocycles. The van der Waals surface area contributed by atoms with Crippen molar-refractivity contribution in [2.75, 3.05) is 19.6 Å². The van der Waals surface area contributed by atoms with Crippen LogP contribution in [0.1, 0.15) is 28.8 Å². The first-order valence-electron chi connectivity index (χ1n) is 9.89. The number of benzene rings is 2. The van der Waals surface area contributed by atoms with E-state index in [1.807, 2.05) is 0 Å². The van der Waals surface area contributed by atoms with Crippen LogP contribution in [0.5, 0.6) is 5.75 Å². The largest absolute Gasteiger partial charge is 0.435 e. The first-order chi connectivity index (χ1) is 14.8. The number of carbonyl (C=O) groups excluding carboxylic acids is 2. The molecule has 0 bridgehead atoms. The summed E-state index contributed by atoms with van der Waals surface area (Å²) in [5, 5.41) is 2.84. The number of amides is 2. The van der Waals surface area contributed by atoms with Crippen LogP contribution in [0, 0.1) is 17.6 Å². The maximum Gasteiger partial charge on any atom is 0.387 e. The average Bonchev–Trinajstić information content (AvgIpc) is 2.74. The van der Waals surface area contributed by atoms with Gasteiger partial charge in [-0.3, -0.25) is 9.59 Å². The Kier molecular flexibility index (Phi) is 7.49. The van der Waals surface area contributed by atoms with E-state index in [9.17, 15) is 27.2 Å². The molecule has 1 heterocycles. The smallest absolute Gasteiger partial charge is 0.387 e. The lowest BCUT2D eigenvalue weighted by atomic mass is 9.95. The summed E-state index contributed by atoms with van der Waals surface area (Å²) in [6, 6.07) is 9.03. The van der Waals surface area contributed by atoms with Gasteiger partial charge in [-0.15, -0.1) is 0 Å². The lowest BCUT2D eigenvalue weighted by Gasteiger charge is -2.31. The fourth-order valence-electron chi connectivity index (χ4n) is 3.49. The summed E-state index contributed by atoms with van der Waals surface area (Å²) >= 11 is 0. The number of piperidine rings is 1. The van der Waals surface area contributed by atoms with Crippen molar-refractivity contribution in [1.82, 2.24) is 10.2 Å². The van der Waals surface area contributed by atoms with Gasteiger partial charge in [-0.25, -0.2) is 8.78 Å². The number of carbonyl (C=O) groups is 2. The summed E-state index contributed by atoms with van der Waals surface area (Å²) in [6.45, 7) is -1.88. The Morgan fingerprint density at radius 2 is 1.74 bits per heavy atom. The SMILES string of the molecule is O=C(NCCc1ccc(OC(F)F)cc1)C1CCN(C(=O)c2ccc(F)cc2F)CC1. The summed E-state index contributed by atoms with van der Waals surface area (Å²) < 4.78 is 55.4. The van der Waals surface area contributed by atoms with Crippen LogP contribution >= 0.6 is 0 Å². The third-order valence-corrected chi connectivity index (χ3v) is 5.18. The summed E-state index contributed by atoms with van der Waals surface area (Å²) in [4.78, 5) is 26.3. The highest BCUT2D eigenvalue weighted by Gasteiger charge is 2.28. The Labute approximate surface area is 177 Å². The van der Waals surface area contributed by atoms with Gasteiger partial charge in [-0.05, 0) is 49.1 Å². The van der Waals surface area contributed by atoms with Crippen LogP contribution in [-0.4, -0.2) is 43.0 Å². The summed E-state index contributed by atoms with van der Waals surface area (Å²) in [6.07, 6.45) is 1.42. The zero-order chi connectivity index (χ0) is 22.4. The minimum atomic E-state index is -2.87. The molecule has 0 saturated carbocycles. The quantitative estimate of drug-likeness (QED) is 0.670. The van der Waals surface area contributed by atoms with Gasteiger partial charge in [0.2, 0.25) is 5.91 Å². The van der Waals surface area contributed by atoms with Crippen molar-refractivity contribution in [3.8, 4) is 5.75 Å². The number of rotatable bonds is 7. The van der Waals surface area contributed by atoms with Gasteiger partial charge in [0.15, 0.2) is 0 Å². The highest BCUT2D eigenvalue weighted by atomic mass is 19.3. The predicted octanol–water partition coefficient (Wildman–Crippen LogP) is 3.78. The third kappa shape index (κ3) is 6.19. The first-order valence-corrected chi connectivity index (χ1v) is 9.89. The fourth-order valence-corrected chi connectivity index (χ4v) is 3.49. The Balaban J connectivity index is 1.42. The minimum absolute atomic E-state index is 0.0737. The number of hydrogen-bond donors (Lipinski definition) is 1. The molecular formula is C22H22F4N2O3. The molecule has 9 heteroatoms. The molecule has 3 rings (SSSR count). The predicted molar refractivity (Wildman–Crippen MR) is 105 cm³/mol. The number of likely N-dealkylation sites (tertiary alicyclic amines) is 1. The molecule has 31 heavy (non-hydrogen) atoms. The second kappa shape index (κ2) is 10.3. The molecular weight excluding hydrogens is 416 g/mol. The van der Waals surface area contributed by atoms with Gasteiger partial charge in [0.1, 0.15) is 17.4 Å². The Morgan fingerprint density at radius 3 is 2.35 bits per heavy atom. The number of nitrogens with zero attached hydrogens (tertiary/aromatic N) is 1. The van der Waals surface area contributed by atoms with Gasteiger partial charge in [0.05, 0.1) is 5.56 Å². The lowest BCUT2D eigenvalue weighted by Crippen LogP contribution is -2.43. The highest BCUT2D eigenvalue weighted by Crippen LogP contribution is 2.21. The third-order valence-electron chi connectivity index (χ3n) is 5.18. The molecule has 2 aromatic carbocycles. The average molecular weight is 438 g/mol. The van der Waals surface area contributed by atoms with Crippen LogP contribution in [0.25, 0.3) is 0 Å². The topological polar surface area (TPSA) is 58.6 Å². The molecule has 2 amide bonds. The zero-order valence-corrected chi connectivity index (χ0v) is 16.6. The Morgan fingerprint density at radius 1 is 1.06 bits per heavy atom. The molecule has 0 atom stereocenters. The van der Waals surface area contributed by atoms with E-state index < -0.39 is 24.2 Å². The van der Waals surface area contributed by atoms with Crippen LogP contribution < -0.4 is 10.1 Å². The molecule has 1 aliphatic rings. The van der Waals surface area contributed by atoms with Crippen molar-refractivity contribution in [1.29, 1.82) is 0 Å². The van der Waals surface area contributed by atoms with Crippen molar-refractivity contribution < 1.29 is 31.9 Å². The number of ether oxygens (including phenoxy) is 1. The molecule has 1 aliphatic heterocycles. The molecule has 0 spiro atoms. The lowest BCUT2D eigenvalue weighted by molar-refractivity contribution is -0.126. The van der Waals surface area contributed by atoms with E-state index in [0.29, 0.717) is 45.0 Å². The van der Waals surface area contributed by atoms with Gasteiger partial charge >= 0.3 is 6.61 Å². The second-order valence-corrected chi connectivity index (χ2v) is 7.25. The summed E-state index contributed by atoms with van der Waals surface area (Å²) in [5.74, 6) is -2.48. The standard InChI is InChI=1S/C22H22F4N2O3/c23-16-3-6-18(19(24)13-16)21(30)28-11-8-15(9-12-28)20(29)27-10-7-14-1-4-17(5-2-14)31-22(25)26/h1-6,13,15,22H,7-12H2,(H,27,29). The van der Waals surface area contributed by atoms with E-state index in [1.165, 1.54) is 17.0 Å². The molecule has 1 saturated heterocycles. The fraction of sp³-hybridized carbons (Fsp3) is 0.364. The molecule has 2 aromatic rings. The number of nitrogens with one attached hydrogen (secondary N) is 1. The van der Waals surface area contributed by atoms with Gasteiger partial charge in [0.25, 0.3) is 5.91 Å². The van der Waals surface area contributed by atoms with Crippen molar-refractivity contribution in [3.63, 3.8) is 0 Å². The Hall–Kier alpha value is -3.10. The normalized spacial score (nSPS) is 14.5. The van der Waals surface area contributed by atoms with E-state index in [0.717, 1.165) is 17.7 Å². The van der Waals surface area contributed by atoms with Gasteiger partial charge in [-0.2, -0.15) is 8.78 Å². The van der Waals surface area contributed by atoms with Gasteiger partial charge < -0.3 is 15.0 Å². The molecule has 5 nitrogen and oxygen atoms in total. The molecule has 1 N–H and O–H groups in total. The summed E-state index contributed by atoms with van der Waals surface area (Å²) in [7, 11) is 0. The van der Waals surface area contributed by atoms with Crippen molar-refractivity contribution in [2.45, 2.75) is 25.9 Å². The van der Waals surface area contributed by atoms with E-state index >= 15 is 0 Å². The molecule has 0 radical (unpaired) electrons. The van der Waals surface area contributed by atoms with E-state index in [4.69, 9.17) is 0 Å². The van der Waals surface area contributed by atoms with Crippen molar-refractivity contribution in [2.24, 2.45) is 5.92 Å². The van der Waals surface area contributed by atoms with Crippen LogP contribution in [0.3, 0.4) is 0 Å². The number of alkyl halides is 2. The highest BCUT2D eigenvalue weighted by molar-refractivity contribution is 5.94. The summed E-state index contributed by atoms with van der Waals surface area (Å²) in [5.41, 5.74) is 0.679. The second-order valence-electron chi connectivity index (χ2n) is 7.25. The maximum absolute atomic E-state index is 13.8. The van der Waals surface area contributed by atoms with Crippen molar-refractivity contribution >= 4 is 11.8 Å². The molecule has 0 aromatic heterocycles. The van der Waals surface area contributed by atoms with Crippen LogP contribution in [0.15, 0.2) is 42.5 Å². The molecule has 0 unspecified atom stereocenters. The van der Waals surface area contributed by atoms with E-state index in [-0.39, 0.29) is 23.1 Å². The molecule has 1 fully saturated rings. The van der Waals surface area contributed by atoms with E-state index in [1.54, 1.807) is 12.1 Å². The number of hydrogen-bond acceptors (Lipinski definition) is 3. The van der Waals surface area contributed by atoms with Crippen molar-refractivity contribution in [3.05, 3.63) is 65.2 Å². The van der Waals surface area contributed by atoms with Crippen LogP contribution in [0.2, 0.25) is 0 Å². The monoisotopic (exact) mass is 438 g/mol. The molecule has 166 valence electrons. The van der Waals surface area contributed by atoms with Gasteiger partial charge in [-0.1, -0.05) is 12.1 Å². The van der Waals surface area contributed by atoms with Gasteiger partial charge in [0, 0.05) is 31.6 Å². The zero-order valence-electron chi connectivity index (χ0n) is 16.6. The van der Waals surface area contributed by atoms with E-state index in [2.05, 4.69) is 10.1 Å². The van der Waals surface area contributed by atoms with Crippen LogP contribution in [0.4, 0.5) is 17.6 Å². The Bertz CT molecular complexity index is 913. The maximum atomic E-state index is 13.8. The van der Waals surface area contributed by atoms with Crippen LogP contribution in [-0.2, 0) is 11.2 Å². The first kappa shape index (κ1) is 22.6.